The van der Waals surface area contributed by atoms with Gasteiger partial charge in [0.1, 0.15) is 21.7 Å². The number of thiazole rings is 1. The number of benzene rings is 2. The molecular formula is C23H25N3O5S2. The van der Waals surface area contributed by atoms with E-state index in [-0.39, 0.29) is 10.9 Å². The lowest BCUT2D eigenvalue weighted by Gasteiger charge is -2.16. The van der Waals surface area contributed by atoms with E-state index in [0.29, 0.717) is 28.4 Å². The number of hydrogen-bond acceptors (Lipinski definition) is 6. The lowest BCUT2D eigenvalue weighted by molar-refractivity contribution is 0.0997. The van der Waals surface area contributed by atoms with Crippen molar-refractivity contribution in [1.82, 2.24) is 8.87 Å². The van der Waals surface area contributed by atoms with Crippen LogP contribution in [0.3, 0.4) is 0 Å². The lowest BCUT2D eigenvalue weighted by atomic mass is 10.2. The van der Waals surface area contributed by atoms with E-state index in [9.17, 15) is 13.2 Å². The number of amides is 1. The fraction of sp³-hybridized carbons (Fsp3) is 0.304. The van der Waals surface area contributed by atoms with Crippen LogP contribution in [-0.2, 0) is 16.6 Å². The summed E-state index contributed by atoms with van der Waals surface area (Å²) < 4.78 is 40.4. The zero-order valence-electron chi connectivity index (χ0n) is 18.6. The van der Waals surface area contributed by atoms with Crippen LogP contribution in [0.1, 0.15) is 23.2 Å². The van der Waals surface area contributed by atoms with Crippen molar-refractivity contribution in [2.45, 2.75) is 30.3 Å². The number of carbonyl (C=O) groups is 1. The van der Waals surface area contributed by atoms with Gasteiger partial charge in [-0.2, -0.15) is 9.30 Å². The maximum Gasteiger partial charge on any atom is 0.279 e. The van der Waals surface area contributed by atoms with E-state index in [1.807, 2.05) is 4.57 Å². The first-order valence-electron chi connectivity index (χ1n) is 10.3. The third-order valence-corrected chi connectivity index (χ3v) is 8.56. The summed E-state index contributed by atoms with van der Waals surface area (Å²) in [5.41, 5.74) is 1.06. The van der Waals surface area contributed by atoms with Crippen molar-refractivity contribution in [1.29, 1.82) is 0 Å². The van der Waals surface area contributed by atoms with Gasteiger partial charge in [0.25, 0.3) is 5.91 Å². The summed E-state index contributed by atoms with van der Waals surface area (Å²) in [7, 11) is 1.17. The van der Waals surface area contributed by atoms with Crippen LogP contribution in [0.2, 0.25) is 0 Å². The van der Waals surface area contributed by atoms with Crippen LogP contribution in [0, 0.1) is 0 Å². The topological polar surface area (TPSA) is 90.2 Å². The number of methoxy groups -OCH3 is 2. The van der Waals surface area contributed by atoms with E-state index in [0.717, 1.165) is 23.1 Å². The molecule has 3 aromatic rings. The van der Waals surface area contributed by atoms with Gasteiger partial charge in [0.05, 0.1) is 19.1 Å². The molecule has 0 N–H and O–H groups in total. The minimum absolute atomic E-state index is 0.0635. The zero-order valence-corrected chi connectivity index (χ0v) is 20.3. The number of fused-ring (bicyclic) bond motifs is 1. The molecule has 0 atom stereocenters. The van der Waals surface area contributed by atoms with Crippen molar-refractivity contribution in [3.05, 3.63) is 59.4 Å². The second-order valence-electron chi connectivity index (χ2n) is 7.63. The Morgan fingerprint density at radius 2 is 1.82 bits per heavy atom. The molecule has 1 aliphatic carbocycles. The number of rotatable bonds is 8. The van der Waals surface area contributed by atoms with Crippen molar-refractivity contribution in [2.75, 3.05) is 21.3 Å². The molecule has 1 heterocycles. The average molecular weight is 488 g/mol. The Bertz CT molecular complexity index is 1380. The minimum atomic E-state index is -3.57. The zero-order chi connectivity index (χ0) is 23.8. The molecule has 1 aromatic heterocycles. The standard InChI is InChI=1S/C23H25N3O5S2/c1-5-14-26-20-18(30-3)12-13-19(31-4)21(20)32-23(26)24-22(27)15-6-10-17(11-7-15)33(28,29)25(2)16-8-9-16/h5-7,10-13,16H,1,8-9,14H2,2-4H3. The van der Waals surface area contributed by atoms with Gasteiger partial charge in [0.15, 0.2) is 4.80 Å². The fourth-order valence-corrected chi connectivity index (χ4v) is 6.12. The highest BCUT2D eigenvalue weighted by molar-refractivity contribution is 7.89. The normalized spacial score (nSPS) is 14.6. The maximum absolute atomic E-state index is 12.9. The van der Waals surface area contributed by atoms with E-state index in [2.05, 4.69) is 11.6 Å². The second kappa shape index (κ2) is 9.12. The van der Waals surface area contributed by atoms with Crippen LogP contribution in [0.4, 0.5) is 0 Å². The van der Waals surface area contributed by atoms with Crippen molar-refractivity contribution < 1.29 is 22.7 Å². The SMILES string of the molecule is C=CCn1c(=NC(=O)c2ccc(S(=O)(=O)N(C)C3CC3)cc2)sc2c(OC)ccc(OC)c21. The van der Waals surface area contributed by atoms with E-state index in [4.69, 9.17) is 9.47 Å². The second-order valence-corrected chi connectivity index (χ2v) is 10.6. The molecule has 33 heavy (non-hydrogen) atoms. The molecule has 1 saturated carbocycles. The molecule has 1 fully saturated rings. The smallest absolute Gasteiger partial charge is 0.279 e. The van der Waals surface area contributed by atoms with Crippen LogP contribution < -0.4 is 14.3 Å². The molecule has 1 amide bonds. The van der Waals surface area contributed by atoms with E-state index in [1.165, 1.54) is 39.9 Å². The van der Waals surface area contributed by atoms with Crippen molar-refractivity contribution in [3.63, 3.8) is 0 Å². The van der Waals surface area contributed by atoms with Gasteiger partial charge in [-0.05, 0) is 49.2 Å². The summed E-state index contributed by atoms with van der Waals surface area (Å²) in [6.07, 6.45) is 3.46. The third-order valence-electron chi connectivity index (χ3n) is 5.54. The first-order valence-corrected chi connectivity index (χ1v) is 12.6. The molecule has 0 spiro atoms. The van der Waals surface area contributed by atoms with E-state index < -0.39 is 15.9 Å². The molecule has 1 aliphatic rings. The number of allylic oxidation sites excluding steroid dienone is 1. The Kier molecular flexibility index (Phi) is 6.42. The summed E-state index contributed by atoms with van der Waals surface area (Å²) >= 11 is 1.31. The largest absolute Gasteiger partial charge is 0.495 e. The molecule has 0 saturated heterocycles. The number of carbonyl (C=O) groups excluding carboxylic acids is 1. The highest BCUT2D eigenvalue weighted by atomic mass is 32.2. The van der Waals surface area contributed by atoms with Crippen LogP contribution >= 0.6 is 11.3 Å². The molecule has 0 bridgehead atoms. The minimum Gasteiger partial charge on any atom is -0.495 e. The molecular weight excluding hydrogens is 462 g/mol. The number of nitrogens with zero attached hydrogens (tertiary/aromatic N) is 3. The molecule has 10 heteroatoms. The molecule has 4 rings (SSSR count). The number of ether oxygens (including phenoxy) is 2. The van der Waals surface area contributed by atoms with Crippen LogP contribution in [0.5, 0.6) is 11.5 Å². The molecule has 0 aliphatic heterocycles. The van der Waals surface area contributed by atoms with Crippen molar-refractivity contribution >= 4 is 37.5 Å². The van der Waals surface area contributed by atoms with Gasteiger partial charge in [-0.1, -0.05) is 17.4 Å². The first kappa shape index (κ1) is 23.2. The van der Waals surface area contributed by atoms with E-state index >= 15 is 0 Å². The van der Waals surface area contributed by atoms with Crippen molar-refractivity contribution in [2.24, 2.45) is 4.99 Å². The average Bonchev–Trinajstić information content (AvgIpc) is 3.61. The lowest BCUT2D eigenvalue weighted by Crippen LogP contribution is -2.28. The first-order chi connectivity index (χ1) is 15.8. The number of hydrogen-bond donors (Lipinski definition) is 0. The quantitative estimate of drug-likeness (QED) is 0.454. The molecule has 0 unspecified atom stereocenters. The van der Waals surface area contributed by atoms with Gasteiger partial charge in [0.2, 0.25) is 10.0 Å². The highest BCUT2D eigenvalue weighted by Gasteiger charge is 2.35. The summed E-state index contributed by atoms with van der Waals surface area (Å²) in [5, 5.41) is 0. The highest BCUT2D eigenvalue weighted by Crippen LogP contribution is 2.35. The maximum atomic E-state index is 12.9. The number of aromatic nitrogens is 1. The third kappa shape index (κ3) is 4.33. The summed E-state index contributed by atoms with van der Waals surface area (Å²) in [6, 6.07) is 9.55. The van der Waals surface area contributed by atoms with Gasteiger partial charge in [0, 0.05) is 25.2 Å². The van der Waals surface area contributed by atoms with Crippen molar-refractivity contribution in [3.8, 4) is 11.5 Å². The van der Waals surface area contributed by atoms with Crippen LogP contribution in [0.25, 0.3) is 10.2 Å². The molecule has 0 radical (unpaired) electrons. The van der Waals surface area contributed by atoms with Crippen LogP contribution in [-0.4, -0.2) is 50.5 Å². The monoisotopic (exact) mass is 487 g/mol. The van der Waals surface area contributed by atoms with E-state index in [1.54, 1.807) is 39.5 Å². The van der Waals surface area contributed by atoms with Gasteiger partial charge >= 0.3 is 0 Å². The summed E-state index contributed by atoms with van der Waals surface area (Å²) in [4.78, 5) is 17.9. The Morgan fingerprint density at radius 3 is 2.39 bits per heavy atom. The van der Waals surface area contributed by atoms with Crippen LogP contribution in [0.15, 0.2) is 58.9 Å². The Balaban J connectivity index is 1.74. The van der Waals surface area contributed by atoms with Gasteiger partial charge in [-0.25, -0.2) is 8.42 Å². The Labute approximate surface area is 196 Å². The number of sulfonamides is 1. The fourth-order valence-electron chi connectivity index (χ4n) is 3.56. The van der Waals surface area contributed by atoms with Gasteiger partial charge < -0.3 is 14.0 Å². The molecule has 174 valence electrons. The molecule has 2 aromatic carbocycles. The van der Waals surface area contributed by atoms with Gasteiger partial charge in [-0.3, -0.25) is 4.79 Å². The molecule has 8 nitrogen and oxygen atoms in total. The Morgan fingerprint density at radius 1 is 1.18 bits per heavy atom. The predicted octanol–water partition coefficient (Wildman–Crippen LogP) is 3.43. The summed E-state index contributed by atoms with van der Waals surface area (Å²) in [5.74, 6) is 0.806. The predicted molar refractivity (Wildman–Crippen MR) is 127 cm³/mol. The summed E-state index contributed by atoms with van der Waals surface area (Å²) in [6.45, 7) is 4.22. The Hall–Kier alpha value is -2.95. The van der Waals surface area contributed by atoms with Gasteiger partial charge in [-0.15, -0.1) is 6.58 Å².